The molecule has 0 fully saturated rings. The Bertz CT molecular complexity index is 1370. The molecule has 0 spiro atoms. The molecule has 2 heterocycles. The zero-order valence-electron chi connectivity index (χ0n) is 18.4. The summed E-state index contributed by atoms with van der Waals surface area (Å²) in [6.07, 6.45) is 0. The number of anilines is 1. The smallest absolute Gasteiger partial charge is 0.278 e. The number of benzene rings is 2. The van der Waals surface area contributed by atoms with E-state index in [1.807, 2.05) is 39.0 Å². The summed E-state index contributed by atoms with van der Waals surface area (Å²) in [6, 6.07) is 12.3. The van der Waals surface area contributed by atoms with Gasteiger partial charge in [-0.2, -0.15) is 0 Å². The van der Waals surface area contributed by atoms with Crippen molar-refractivity contribution in [1.82, 2.24) is 25.0 Å². The minimum Gasteiger partial charge on any atom is -0.320 e. The second-order valence-corrected chi connectivity index (χ2v) is 9.70. The molecular formula is C23H19Cl3N6OS. The van der Waals surface area contributed by atoms with Gasteiger partial charge in [-0.25, -0.2) is 14.6 Å². The number of halogens is 3. The highest BCUT2D eigenvalue weighted by molar-refractivity contribution is 7.98. The number of amides is 1. The van der Waals surface area contributed by atoms with Gasteiger partial charge in [0, 0.05) is 27.9 Å². The van der Waals surface area contributed by atoms with Gasteiger partial charge >= 0.3 is 0 Å². The average molecular weight is 534 g/mol. The third-order valence-corrected chi connectivity index (χ3v) is 6.86. The van der Waals surface area contributed by atoms with E-state index in [-0.39, 0.29) is 5.69 Å². The zero-order valence-corrected chi connectivity index (χ0v) is 21.5. The highest BCUT2D eigenvalue weighted by atomic mass is 35.5. The van der Waals surface area contributed by atoms with E-state index in [4.69, 9.17) is 34.8 Å². The van der Waals surface area contributed by atoms with Crippen molar-refractivity contribution in [2.75, 3.05) is 5.32 Å². The molecule has 0 aliphatic heterocycles. The van der Waals surface area contributed by atoms with Crippen LogP contribution in [0.3, 0.4) is 0 Å². The van der Waals surface area contributed by atoms with Crippen molar-refractivity contribution in [3.05, 3.63) is 85.9 Å². The topological polar surface area (TPSA) is 85.6 Å². The first-order valence-electron chi connectivity index (χ1n) is 10.1. The third-order valence-electron chi connectivity index (χ3n) is 4.86. The Hall–Kier alpha value is -2.65. The van der Waals surface area contributed by atoms with Crippen molar-refractivity contribution in [2.24, 2.45) is 0 Å². The van der Waals surface area contributed by atoms with Crippen LogP contribution in [0.2, 0.25) is 15.1 Å². The van der Waals surface area contributed by atoms with E-state index < -0.39 is 5.91 Å². The van der Waals surface area contributed by atoms with Gasteiger partial charge in [-0.1, -0.05) is 57.8 Å². The summed E-state index contributed by atoms with van der Waals surface area (Å²) in [5.74, 6) is -0.0781. The summed E-state index contributed by atoms with van der Waals surface area (Å²) in [7, 11) is 0. The van der Waals surface area contributed by atoms with Crippen LogP contribution in [-0.4, -0.2) is 30.9 Å². The molecule has 0 aliphatic rings. The first kappa shape index (κ1) is 24.5. The Labute approximate surface area is 215 Å². The van der Waals surface area contributed by atoms with Crippen LogP contribution in [0.4, 0.5) is 5.69 Å². The van der Waals surface area contributed by atoms with E-state index in [1.54, 1.807) is 28.9 Å². The third kappa shape index (κ3) is 5.52. The molecule has 2 aromatic carbocycles. The van der Waals surface area contributed by atoms with Gasteiger partial charge < -0.3 is 5.32 Å². The molecule has 0 saturated carbocycles. The van der Waals surface area contributed by atoms with Crippen LogP contribution in [0, 0.1) is 20.8 Å². The van der Waals surface area contributed by atoms with Crippen molar-refractivity contribution >= 4 is 58.2 Å². The average Bonchev–Trinajstić information content (AvgIpc) is 3.20. The minimum absolute atomic E-state index is 0.166. The van der Waals surface area contributed by atoms with E-state index in [2.05, 4.69) is 25.6 Å². The summed E-state index contributed by atoms with van der Waals surface area (Å²) in [5, 5.41) is 13.1. The molecular weight excluding hydrogens is 515 g/mol. The van der Waals surface area contributed by atoms with Crippen LogP contribution in [0.15, 0.2) is 47.6 Å². The van der Waals surface area contributed by atoms with Gasteiger partial charge in [0.25, 0.3) is 5.91 Å². The Kier molecular flexibility index (Phi) is 7.42. The van der Waals surface area contributed by atoms with Gasteiger partial charge in [0.05, 0.1) is 21.4 Å². The van der Waals surface area contributed by atoms with Crippen LogP contribution < -0.4 is 5.32 Å². The highest BCUT2D eigenvalue weighted by Crippen LogP contribution is 2.28. The molecule has 0 aliphatic carbocycles. The highest BCUT2D eigenvalue weighted by Gasteiger charge is 2.22. The second kappa shape index (κ2) is 10.3. The second-order valence-electron chi connectivity index (χ2n) is 7.54. The summed E-state index contributed by atoms with van der Waals surface area (Å²) in [5.41, 5.74) is 4.58. The van der Waals surface area contributed by atoms with Crippen LogP contribution in [-0.2, 0) is 5.75 Å². The maximum absolute atomic E-state index is 13.1. The van der Waals surface area contributed by atoms with E-state index in [0.29, 0.717) is 43.0 Å². The Balaban J connectivity index is 1.70. The Morgan fingerprint density at radius 3 is 2.35 bits per heavy atom. The number of nitrogens with one attached hydrogen (secondary N) is 1. The number of hydrogen-bond acceptors (Lipinski definition) is 6. The fraction of sp³-hybridized carbons (Fsp3) is 0.174. The summed E-state index contributed by atoms with van der Waals surface area (Å²) >= 11 is 19.8. The molecule has 1 N–H and O–H groups in total. The van der Waals surface area contributed by atoms with Crippen molar-refractivity contribution in [3.63, 3.8) is 0 Å². The molecule has 0 unspecified atom stereocenters. The fourth-order valence-corrected chi connectivity index (χ4v) is 4.60. The number of thioether (sulfide) groups is 1. The van der Waals surface area contributed by atoms with Crippen molar-refractivity contribution in [3.8, 4) is 5.69 Å². The lowest BCUT2D eigenvalue weighted by Gasteiger charge is -2.10. The van der Waals surface area contributed by atoms with Crippen LogP contribution in [0.5, 0.6) is 0 Å². The Morgan fingerprint density at radius 1 is 0.941 bits per heavy atom. The predicted molar refractivity (Wildman–Crippen MR) is 137 cm³/mol. The molecule has 4 aromatic rings. The van der Waals surface area contributed by atoms with Gasteiger partial charge in [0.2, 0.25) is 0 Å². The lowest BCUT2D eigenvalue weighted by atomic mass is 10.2. The van der Waals surface area contributed by atoms with E-state index >= 15 is 0 Å². The fourth-order valence-electron chi connectivity index (χ4n) is 3.18. The van der Waals surface area contributed by atoms with Crippen LogP contribution >= 0.6 is 46.6 Å². The van der Waals surface area contributed by atoms with Crippen molar-refractivity contribution in [2.45, 2.75) is 31.7 Å². The number of carbonyl (C=O) groups is 1. The van der Waals surface area contributed by atoms with Gasteiger partial charge in [0.1, 0.15) is 0 Å². The molecule has 1 amide bonds. The number of aromatic nitrogens is 5. The van der Waals surface area contributed by atoms with Crippen molar-refractivity contribution in [1.29, 1.82) is 0 Å². The molecule has 0 radical (unpaired) electrons. The molecule has 0 saturated heterocycles. The first-order valence-corrected chi connectivity index (χ1v) is 12.3. The molecule has 34 heavy (non-hydrogen) atoms. The quantitative estimate of drug-likeness (QED) is 0.225. The molecule has 0 atom stereocenters. The van der Waals surface area contributed by atoms with Crippen LogP contribution in [0.25, 0.3) is 5.69 Å². The molecule has 7 nitrogen and oxygen atoms in total. The largest absolute Gasteiger partial charge is 0.320 e. The monoisotopic (exact) mass is 532 g/mol. The number of rotatable bonds is 6. The minimum atomic E-state index is -0.431. The van der Waals surface area contributed by atoms with Gasteiger partial charge in [-0.3, -0.25) is 4.79 Å². The van der Waals surface area contributed by atoms with E-state index in [0.717, 1.165) is 17.0 Å². The first-order chi connectivity index (χ1) is 16.2. The number of hydrogen-bond donors (Lipinski definition) is 1. The van der Waals surface area contributed by atoms with Gasteiger partial charge in [-0.15, -0.1) is 5.10 Å². The summed E-state index contributed by atoms with van der Waals surface area (Å²) in [6.45, 7) is 5.74. The summed E-state index contributed by atoms with van der Waals surface area (Å²) < 4.78 is 1.60. The standard InChI is InChI=1S/C23H19Cl3N6OS/c1-12-4-6-16(10-18(12)25)32-20(11-34-23-27-13(2)8-14(3)28-23)21(30-31-32)22(33)29-15-5-7-17(24)19(26)9-15/h4-10H,11H2,1-3H3,(H,29,33). The van der Waals surface area contributed by atoms with Gasteiger partial charge in [0.15, 0.2) is 10.9 Å². The maximum Gasteiger partial charge on any atom is 0.278 e. The number of nitrogens with zero attached hydrogens (tertiary/aromatic N) is 5. The normalized spacial score (nSPS) is 11.0. The molecule has 2 aromatic heterocycles. The lowest BCUT2D eigenvalue weighted by Crippen LogP contribution is -2.15. The molecule has 0 bridgehead atoms. The number of carbonyl (C=O) groups excluding carboxylic acids is 1. The summed E-state index contributed by atoms with van der Waals surface area (Å²) in [4.78, 5) is 22.1. The van der Waals surface area contributed by atoms with E-state index in [9.17, 15) is 4.79 Å². The van der Waals surface area contributed by atoms with Crippen molar-refractivity contribution < 1.29 is 4.79 Å². The SMILES string of the molecule is Cc1cc(C)nc(SCc2c(C(=O)Nc3ccc(Cl)c(Cl)c3)nnn2-c2ccc(C)c(Cl)c2)n1. The van der Waals surface area contributed by atoms with Gasteiger partial charge in [-0.05, 0) is 62.7 Å². The molecule has 11 heteroatoms. The van der Waals surface area contributed by atoms with E-state index in [1.165, 1.54) is 11.8 Å². The lowest BCUT2D eigenvalue weighted by molar-refractivity contribution is 0.102. The predicted octanol–water partition coefficient (Wildman–Crippen LogP) is 6.49. The Morgan fingerprint density at radius 2 is 1.68 bits per heavy atom. The number of aryl methyl sites for hydroxylation is 3. The maximum atomic E-state index is 13.1. The molecule has 174 valence electrons. The molecule has 4 rings (SSSR count). The zero-order chi connectivity index (χ0) is 24.4. The van der Waals surface area contributed by atoms with Crippen LogP contribution in [0.1, 0.15) is 33.1 Å².